The van der Waals surface area contributed by atoms with Crippen LogP contribution in [0.4, 0.5) is 0 Å². The van der Waals surface area contributed by atoms with Gasteiger partial charge in [0.2, 0.25) is 11.4 Å². The van der Waals surface area contributed by atoms with Crippen LogP contribution in [0, 0.1) is 13.8 Å². The maximum Gasteiger partial charge on any atom is 0.218 e. The molecule has 3 heterocycles. The van der Waals surface area contributed by atoms with Crippen molar-refractivity contribution in [3.05, 3.63) is 185 Å². The summed E-state index contributed by atoms with van der Waals surface area (Å²) in [6.07, 6.45) is 5.80. The lowest BCUT2D eigenvalue weighted by molar-refractivity contribution is -0.685. The SMILES string of the molecule is COC(Cc1cccc(-c2cccc(CC(C)(c3ccccc3C)c3cccc[n+]3C)[n+]2C)c1C)(c1ccccc1)c1cccc[n+]1C. The molecule has 3 aromatic heterocycles. The van der Waals surface area contributed by atoms with E-state index in [0.717, 1.165) is 17.7 Å². The monoisotopic (exact) mass is 634 g/mol. The molecule has 3 aromatic carbocycles. The number of pyridine rings is 3. The summed E-state index contributed by atoms with van der Waals surface area (Å²) in [5.41, 5.74) is 11.5. The van der Waals surface area contributed by atoms with Crippen LogP contribution in [0.1, 0.15) is 51.8 Å². The second-order valence-electron chi connectivity index (χ2n) is 13.3. The Labute approximate surface area is 286 Å². The predicted molar refractivity (Wildman–Crippen MR) is 192 cm³/mol. The molecule has 2 atom stereocenters. The van der Waals surface area contributed by atoms with Crippen molar-refractivity contribution in [1.82, 2.24) is 0 Å². The molecule has 4 heteroatoms. The molecule has 6 rings (SSSR count). The first kappa shape index (κ1) is 33.0. The number of aromatic nitrogens is 3. The topological polar surface area (TPSA) is 20.9 Å². The van der Waals surface area contributed by atoms with Crippen LogP contribution in [-0.4, -0.2) is 7.11 Å². The smallest absolute Gasteiger partial charge is 0.218 e. The van der Waals surface area contributed by atoms with E-state index in [-0.39, 0.29) is 5.41 Å². The van der Waals surface area contributed by atoms with Gasteiger partial charge < -0.3 is 4.74 Å². The highest BCUT2D eigenvalue weighted by Gasteiger charge is 2.42. The Balaban J connectivity index is 1.45. The first-order chi connectivity index (χ1) is 23.2. The van der Waals surface area contributed by atoms with Crippen molar-refractivity contribution in [1.29, 1.82) is 0 Å². The summed E-state index contributed by atoms with van der Waals surface area (Å²) in [7, 11) is 8.30. The summed E-state index contributed by atoms with van der Waals surface area (Å²) in [6.45, 7) is 6.88. The summed E-state index contributed by atoms with van der Waals surface area (Å²) >= 11 is 0. The van der Waals surface area contributed by atoms with Gasteiger partial charge in [0.05, 0.1) is 11.8 Å². The van der Waals surface area contributed by atoms with E-state index < -0.39 is 5.60 Å². The minimum Gasteiger partial charge on any atom is -0.362 e. The molecular formula is C44H48N3O+3. The van der Waals surface area contributed by atoms with Gasteiger partial charge in [-0.2, -0.15) is 4.57 Å². The summed E-state index contributed by atoms with van der Waals surface area (Å²) in [4.78, 5) is 0. The van der Waals surface area contributed by atoms with E-state index in [4.69, 9.17) is 4.74 Å². The fraction of sp³-hybridized carbons (Fsp3) is 0.250. The fourth-order valence-corrected chi connectivity index (χ4v) is 7.76. The largest absolute Gasteiger partial charge is 0.362 e. The van der Waals surface area contributed by atoms with Crippen LogP contribution in [0.2, 0.25) is 0 Å². The van der Waals surface area contributed by atoms with E-state index in [1.54, 1.807) is 0 Å². The molecule has 0 saturated heterocycles. The highest BCUT2D eigenvalue weighted by atomic mass is 16.5. The molecule has 0 aliphatic rings. The van der Waals surface area contributed by atoms with Crippen LogP contribution in [-0.2, 0) is 49.7 Å². The van der Waals surface area contributed by atoms with Crippen LogP contribution >= 0.6 is 0 Å². The van der Waals surface area contributed by atoms with Crippen molar-refractivity contribution >= 4 is 0 Å². The van der Waals surface area contributed by atoms with Gasteiger partial charge >= 0.3 is 0 Å². The van der Waals surface area contributed by atoms with Crippen molar-refractivity contribution in [3.8, 4) is 11.3 Å². The lowest BCUT2D eigenvalue weighted by Gasteiger charge is -2.31. The van der Waals surface area contributed by atoms with Gasteiger partial charge in [-0.25, -0.2) is 9.13 Å². The molecular weight excluding hydrogens is 587 g/mol. The zero-order valence-electron chi connectivity index (χ0n) is 29.4. The fourth-order valence-electron chi connectivity index (χ4n) is 7.76. The molecule has 0 saturated carbocycles. The van der Waals surface area contributed by atoms with Crippen LogP contribution in [0.3, 0.4) is 0 Å². The number of aryl methyl sites for hydroxylation is 3. The Morgan fingerprint density at radius 2 is 1.23 bits per heavy atom. The summed E-state index contributed by atoms with van der Waals surface area (Å²) < 4.78 is 13.4. The molecule has 242 valence electrons. The maximum absolute atomic E-state index is 6.57. The molecule has 0 bridgehead atoms. The van der Waals surface area contributed by atoms with Gasteiger partial charge in [0.15, 0.2) is 29.4 Å². The standard InChI is InChI=1S/C44H48N3O/c1-33-19-11-12-25-39(33)43(3,41-27-13-15-29-45(41)4)32-37-23-18-26-40(47(37)6)38-24-17-20-35(34(38)2)31-44(48-7,36-21-9-8-10-22-36)42-28-14-16-30-46(42)5/h8-30H,31-32H2,1-7H3/q+3. The van der Waals surface area contributed by atoms with Gasteiger partial charge in [0, 0.05) is 55.5 Å². The summed E-state index contributed by atoms with van der Waals surface area (Å²) in [5.74, 6) is 0. The number of ether oxygens (including phenoxy) is 1. The summed E-state index contributed by atoms with van der Waals surface area (Å²) in [6, 6.07) is 45.8. The quantitative estimate of drug-likeness (QED) is 0.147. The Kier molecular flexibility index (Phi) is 9.39. The lowest BCUT2D eigenvalue weighted by atomic mass is 9.73. The Morgan fingerprint density at radius 1 is 0.604 bits per heavy atom. The molecule has 0 aliphatic heterocycles. The maximum atomic E-state index is 6.57. The van der Waals surface area contributed by atoms with E-state index >= 15 is 0 Å². The van der Waals surface area contributed by atoms with Gasteiger partial charge in [0.1, 0.15) is 21.1 Å². The molecule has 4 nitrogen and oxygen atoms in total. The minimum absolute atomic E-state index is 0.242. The molecule has 0 fully saturated rings. The third-order valence-electron chi connectivity index (χ3n) is 10.4. The normalized spacial score (nSPS) is 13.9. The number of hydrogen-bond donors (Lipinski definition) is 0. The zero-order chi connectivity index (χ0) is 33.9. The third-order valence-corrected chi connectivity index (χ3v) is 10.4. The van der Waals surface area contributed by atoms with Crippen LogP contribution < -0.4 is 13.7 Å². The Hall–Kier alpha value is -4.93. The van der Waals surface area contributed by atoms with Crippen molar-refractivity contribution in [2.24, 2.45) is 21.1 Å². The molecule has 0 aliphatic carbocycles. The van der Waals surface area contributed by atoms with Gasteiger partial charge in [-0.3, -0.25) is 0 Å². The average molecular weight is 635 g/mol. The molecule has 48 heavy (non-hydrogen) atoms. The lowest BCUT2D eigenvalue weighted by Crippen LogP contribution is -2.46. The van der Waals surface area contributed by atoms with E-state index in [0.29, 0.717) is 6.42 Å². The third kappa shape index (κ3) is 5.97. The van der Waals surface area contributed by atoms with Gasteiger partial charge in [0.25, 0.3) is 0 Å². The van der Waals surface area contributed by atoms with E-state index in [1.807, 2.05) is 7.11 Å². The second kappa shape index (κ2) is 13.7. The molecule has 0 amide bonds. The number of nitrogens with zero attached hydrogens (tertiary/aromatic N) is 3. The van der Waals surface area contributed by atoms with Crippen molar-refractivity contribution in [2.75, 3.05) is 7.11 Å². The predicted octanol–water partition coefficient (Wildman–Crippen LogP) is 7.13. The first-order valence-electron chi connectivity index (χ1n) is 16.8. The van der Waals surface area contributed by atoms with E-state index in [9.17, 15) is 0 Å². The highest BCUT2D eigenvalue weighted by molar-refractivity contribution is 5.63. The Bertz CT molecular complexity index is 2010. The minimum atomic E-state index is -0.661. The highest BCUT2D eigenvalue weighted by Crippen LogP contribution is 2.38. The van der Waals surface area contributed by atoms with Crippen molar-refractivity contribution < 1.29 is 18.4 Å². The first-order valence-corrected chi connectivity index (χ1v) is 16.8. The number of methoxy groups -OCH3 is 1. The second-order valence-corrected chi connectivity index (χ2v) is 13.3. The molecule has 0 radical (unpaired) electrons. The van der Waals surface area contributed by atoms with Crippen molar-refractivity contribution in [2.45, 2.75) is 44.6 Å². The molecule has 0 spiro atoms. The van der Waals surface area contributed by atoms with Crippen LogP contribution in [0.5, 0.6) is 0 Å². The number of benzene rings is 3. The van der Waals surface area contributed by atoms with Gasteiger partial charge in [-0.1, -0.05) is 72.8 Å². The number of rotatable bonds is 10. The van der Waals surface area contributed by atoms with E-state index in [1.165, 1.54) is 44.9 Å². The summed E-state index contributed by atoms with van der Waals surface area (Å²) in [5, 5.41) is 0. The average Bonchev–Trinajstić information content (AvgIpc) is 3.10. The van der Waals surface area contributed by atoms with Gasteiger partial charge in [-0.05, 0) is 66.8 Å². The van der Waals surface area contributed by atoms with Crippen LogP contribution in [0.15, 0.2) is 140 Å². The Morgan fingerprint density at radius 3 is 1.90 bits per heavy atom. The van der Waals surface area contributed by atoms with Gasteiger partial charge in [-0.15, -0.1) is 0 Å². The molecule has 2 unspecified atom stereocenters. The zero-order valence-corrected chi connectivity index (χ0v) is 29.4. The van der Waals surface area contributed by atoms with Crippen LogP contribution in [0.25, 0.3) is 11.3 Å². The van der Waals surface area contributed by atoms with E-state index in [2.05, 4.69) is 195 Å². The molecule has 0 N–H and O–H groups in total. The van der Waals surface area contributed by atoms with Crippen molar-refractivity contribution in [3.63, 3.8) is 0 Å². The number of hydrogen-bond acceptors (Lipinski definition) is 1. The molecule has 6 aromatic rings.